The van der Waals surface area contributed by atoms with Crippen molar-refractivity contribution in [3.8, 4) is 22.3 Å². The number of anilines is 3. The largest absolute Gasteiger partial charge is 0.311 e. The molecule has 10 rings (SSSR count). The SMILES string of the molecule is c1ccc(-c2ccc3c(c2)B2c4ccccc4N(c4ccc5ccc6cccc7ccc4c5c67)c4cccc-3c42)cc1. The van der Waals surface area contributed by atoms with E-state index in [1.807, 2.05) is 0 Å². The third kappa shape index (κ3) is 2.84. The Hall–Kier alpha value is -5.34. The lowest BCUT2D eigenvalue weighted by molar-refractivity contribution is 1.31. The summed E-state index contributed by atoms with van der Waals surface area (Å²) in [6.45, 7) is 0.210. The fourth-order valence-corrected chi connectivity index (χ4v) is 7.86. The molecule has 2 aliphatic rings. The first-order valence-electron chi connectivity index (χ1n) is 14.7. The van der Waals surface area contributed by atoms with Crippen molar-refractivity contribution in [2.75, 3.05) is 4.90 Å². The summed E-state index contributed by atoms with van der Waals surface area (Å²) in [5, 5.41) is 7.90. The van der Waals surface area contributed by atoms with E-state index in [0.29, 0.717) is 0 Å². The molecule has 0 unspecified atom stereocenters. The molecule has 0 saturated heterocycles. The van der Waals surface area contributed by atoms with Gasteiger partial charge < -0.3 is 4.90 Å². The van der Waals surface area contributed by atoms with E-state index in [1.165, 1.54) is 88.0 Å². The highest BCUT2D eigenvalue weighted by Crippen LogP contribution is 2.46. The molecule has 0 aliphatic carbocycles. The molecule has 2 aliphatic heterocycles. The van der Waals surface area contributed by atoms with Gasteiger partial charge in [-0.25, -0.2) is 0 Å². The quantitative estimate of drug-likeness (QED) is 0.160. The average molecular weight is 529 g/mol. The van der Waals surface area contributed by atoms with Crippen LogP contribution in [0.15, 0.2) is 146 Å². The van der Waals surface area contributed by atoms with Crippen LogP contribution in [-0.2, 0) is 0 Å². The fourth-order valence-electron chi connectivity index (χ4n) is 7.86. The third-order valence-electron chi connectivity index (χ3n) is 9.61. The van der Waals surface area contributed by atoms with Crippen LogP contribution < -0.4 is 21.3 Å². The Morgan fingerprint density at radius 2 is 1.12 bits per heavy atom. The minimum atomic E-state index is 0.210. The number of hydrogen-bond acceptors (Lipinski definition) is 1. The highest BCUT2D eigenvalue weighted by molar-refractivity contribution is 7.01. The average Bonchev–Trinajstić information content (AvgIpc) is 3.39. The molecular weight excluding hydrogens is 505 g/mol. The van der Waals surface area contributed by atoms with Gasteiger partial charge in [0.15, 0.2) is 0 Å². The first-order valence-corrected chi connectivity index (χ1v) is 14.7. The smallest absolute Gasteiger partial charge is 0.248 e. The Morgan fingerprint density at radius 1 is 0.405 bits per heavy atom. The molecule has 0 bridgehead atoms. The number of benzene rings is 8. The van der Waals surface area contributed by atoms with Gasteiger partial charge in [-0.3, -0.25) is 0 Å². The van der Waals surface area contributed by atoms with Crippen LogP contribution >= 0.6 is 0 Å². The molecule has 0 N–H and O–H groups in total. The van der Waals surface area contributed by atoms with E-state index < -0.39 is 0 Å². The van der Waals surface area contributed by atoms with Gasteiger partial charge in [-0.05, 0) is 78.3 Å². The lowest BCUT2D eigenvalue weighted by Crippen LogP contribution is -2.54. The minimum Gasteiger partial charge on any atom is -0.311 e. The summed E-state index contributed by atoms with van der Waals surface area (Å²) in [5.74, 6) is 0. The van der Waals surface area contributed by atoms with Crippen LogP contribution in [0.1, 0.15) is 0 Å². The van der Waals surface area contributed by atoms with E-state index in [-0.39, 0.29) is 6.71 Å². The van der Waals surface area contributed by atoms with Crippen LogP contribution in [-0.4, -0.2) is 6.71 Å². The monoisotopic (exact) mass is 529 g/mol. The van der Waals surface area contributed by atoms with Gasteiger partial charge in [-0.2, -0.15) is 0 Å². The van der Waals surface area contributed by atoms with E-state index in [2.05, 4.69) is 150 Å². The summed E-state index contributed by atoms with van der Waals surface area (Å²) in [6.07, 6.45) is 0. The van der Waals surface area contributed by atoms with Gasteiger partial charge in [0.05, 0.1) is 5.69 Å². The highest BCUT2D eigenvalue weighted by atomic mass is 15.2. The molecule has 8 aromatic rings. The molecule has 0 atom stereocenters. The summed E-state index contributed by atoms with van der Waals surface area (Å²) in [4.78, 5) is 2.53. The van der Waals surface area contributed by atoms with Crippen LogP contribution in [0, 0.1) is 0 Å². The Labute approximate surface area is 244 Å². The molecule has 1 nitrogen and oxygen atoms in total. The Morgan fingerprint density at radius 3 is 2.00 bits per heavy atom. The number of rotatable bonds is 2. The van der Waals surface area contributed by atoms with Gasteiger partial charge in [0.25, 0.3) is 0 Å². The van der Waals surface area contributed by atoms with Gasteiger partial charge in [-0.15, -0.1) is 0 Å². The molecular formula is C40H24BN. The van der Waals surface area contributed by atoms with Crippen LogP contribution in [0.5, 0.6) is 0 Å². The van der Waals surface area contributed by atoms with Gasteiger partial charge >= 0.3 is 0 Å². The Bertz CT molecular complexity index is 2360. The predicted molar refractivity (Wildman–Crippen MR) is 180 cm³/mol. The van der Waals surface area contributed by atoms with Gasteiger partial charge in [0, 0.05) is 16.8 Å². The lowest BCUT2D eigenvalue weighted by Gasteiger charge is -2.36. The van der Waals surface area contributed by atoms with Crippen molar-refractivity contribution >= 4 is 72.5 Å². The number of para-hydroxylation sites is 1. The molecule has 0 saturated carbocycles. The number of nitrogens with zero attached hydrogens (tertiary/aromatic N) is 1. The first-order chi connectivity index (χ1) is 20.8. The van der Waals surface area contributed by atoms with E-state index >= 15 is 0 Å². The van der Waals surface area contributed by atoms with Crippen molar-refractivity contribution in [1.82, 2.24) is 0 Å². The molecule has 42 heavy (non-hydrogen) atoms. The summed E-state index contributed by atoms with van der Waals surface area (Å²) in [7, 11) is 0. The van der Waals surface area contributed by atoms with Gasteiger partial charge in [0.1, 0.15) is 0 Å². The van der Waals surface area contributed by atoms with Gasteiger partial charge in [0.2, 0.25) is 6.71 Å². The highest BCUT2D eigenvalue weighted by Gasteiger charge is 2.42. The molecule has 8 aromatic carbocycles. The number of fused-ring (bicyclic) bond motifs is 5. The zero-order valence-electron chi connectivity index (χ0n) is 22.9. The molecule has 2 heterocycles. The minimum absolute atomic E-state index is 0.210. The standard InChI is InChI=1S/C40H24BN/c1-2-8-25(9-3-1)29-19-21-30-31-12-7-15-37-40(31)41(34(30)24-29)33-13-4-5-14-36(33)42(37)35-23-20-28-17-16-26-10-6-11-27-18-22-32(35)39(28)38(26)27/h1-24H. The predicted octanol–water partition coefficient (Wildman–Crippen LogP) is 8.53. The zero-order valence-corrected chi connectivity index (χ0v) is 22.9. The molecule has 0 fully saturated rings. The first kappa shape index (κ1) is 22.4. The zero-order chi connectivity index (χ0) is 27.4. The number of hydrogen-bond donors (Lipinski definition) is 0. The summed E-state index contributed by atoms with van der Waals surface area (Å²) in [5.41, 5.74) is 13.2. The second kappa shape index (κ2) is 8.12. The maximum absolute atomic E-state index is 2.53. The molecule has 192 valence electrons. The maximum atomic E-state index is 2.53. The maximum Gasteiger partial charge on any atom is 0.248 e. The molecule has 0 spiro atoms. The van der Waals surface area contributed by atoms with Crippen LogP contribution in [0.2, 0.25) is 0 Å². The van der Waals surface area contributed by atoms with Crippen molar-refractivity contribution in [3.05, 3.63) is 146 Å². The Balaban J connectivity index is 1.26. The van der Waals surface area contributed by atoms with Crippen LogP contribution in [0.4, 0.5) is 17.1 Å². The van der Waals surface area contributed by atoms with E-state index in [4.69, 9.17) is 0 Å². The van der Waals surface area contributed by atoms with Crippen molar-refractivity contribution in [2.45, 2.75) is 0 Å². The summed E-state index contributed by atoms with van der Waals surface area (Å²) in [6, 6.07) is 54.2. The lowest BCUT2D eigenvalue weighted by atomic mass is 9.37. The van der Waals surface area contributed by atoms with Crippen molar-refractivity contribution in [3.63, 3.8) is 0 Å². The Kier molecular flexibility index (Phi) is 4.32. The molecule has 0 amide bonds. The second-order valence-corrected chi connectivity index (χ2v) is 11.7. The molecule has 2 heteroatoms. The third-order valence-corrected chi connectivity index (χ3v) is 9.61. The molecule has 0 radical (unpaired) electrons. The van der Waals surface area contributed by atoms with E-state index in [0.717, 1.165) is 0 Å². The van der Waals surface area contributed by atoms with Crippen LogP contribution in [0.3, 0.4) is 0 Å². The van der Waals surface area contributed by atoms with Gasteiger partial charge in [-0.1, -0.05) is 133 Å². The fraction of sp³-hybridized carbons (Fsp3) is 0. The van der Waals surface area contributed by atoms with Crippen molar-refractivity contribution < 1.29 is 0 Å². The topological polar surface area (TPSA) is 3.24 Å². The normalized spacial score (nSPS) is 13.1. The van der Waals surface area contributed by atoms with Crippen LogP contribution in [0.25, 0.3) is 54.6 Å². The second-order valence-electron chi connectivity index (χ2n) is 11.7. The van der Waals surface area contributed by atoms with E-state index in [9.17, 15) is 0 Å². The summed E-state index contributed by atoms with van der Waals surface area (Å²) < 4.78 is 0. The van der Waals surface area contributed by atoms with E-state index in [1.54, 1.807) is 0 Å². The van der Waals surface area contributed by atoms with Crippen molar-refractivity contribution in [2.24, 2.45) is 0 Å². The summed E-state index contributed by atoms with van der Waals surface area (Å²) >= 11 is 0. The molecule has 0 aromatic heterocycles. The van der Waals surface area contributed by atoms with Crippen molar-refractivity contribution in [1.29, 1.82) is 0 Å².